The van der Waals surface area contributed by atoms with Crippen molar-refractivity contribution >= 4 is 17.4 Å². The number of carbonyl (C=O) groups excluding carboxylic acids is 1. The molecule has 1 aliphatic rings. The van der Waals surface area contributed by atoms with Crippen molar-refractivity contribution < 1.29 is 22.7 Å². The summed E-state index contributed by atoms with van der Waals surface area (Å²) in [6, 6.07) is 18.9. The summed E-state index contributed by atoms with van der Waals surface area (Å²) in [4.78, 5) is 18.7. The van der Waals surface area contributed by atoms with Gasteiger partial charge < -0.3 is 9.64 Å². The summed E-state index contributed by atoms with van der Waals surface area (Å²) in [5.41, 5.74) is 1.53. The number of carbonyl (C=O) groups is 1. The van der Waals surface area contributed by atoms with E-state index >= 15 is 0 Å². The summed E-state index contributed by atoms with van der Waals surface area (Å²) in [7, 11) is 1.53. The van der Waals surface area contributed by atoms with Crippen LogP contribution in [0, 0.1) is 0 Å². The van der Waals surface area contributed by atoms with Crippen LogP contribution in [0.25, 0.3) is 0 Å². The third-order valence-corrected chi connectivity index (χ3v) is 4.87. The number of rotatable bonds is 3. The van der Waals surface area contributed by atoms with Crippen molar-refractivity contribution in [1.29, 1.82) is 0 Å². The molecule has 30 heavy (non-hydrogen) atoms. The molecular weight excluding hydrogens is 393 g/mol. The van der Waals surface area contributed by atoms with Crippen LogP contribution in [-0.4, -0.2) is 18.9 Å². The van der Waals surface area contributed by atoms with E-state index in [9.17, 15) is 18.0 Å². The maximum absolute atomic E-state index is 13.2. The van der Waals surface area contributed by atoms with Gasteiger partial charge in [-0.25, -0.2) is 0 Å². The molecule has 0 saturated heterocycles. The number of aliphatic imine (C=N–C) groups is 1. The van der Waals surface area contributed by atoms with Crippen LogP contribution in [0.3, 0.4) is 0 Å². The summed E-state index contributed by atoms with van der Waals surface area (Å²) < 4.78 is 44.7. The molecule has 4 rings (SSSR count). The van der Waals surface area contributed by atoms with E-state index in [4.69, 9.17) is 4.74 Å². The summed E-state index contributed by atoms with van der Waals surface area (Å²) in [5, 5.41) is 0. The van der Waals surface area contributed by atoms with Crippen LogP contribution in [0.4, 0.5) is 18.9 Å². The number of fused-ring (bicyclic) bond motifs is 1. The first-order chi connectivity index (χ1) is 14.4. The quantitative estimate of drug-likeness (QED) is 0.587. The predicted molar refractivity (Wildman–Crippen MR) is 108 cm³/mol. The van der Waals surface area contributed by atoms with Crippen LogP contribution in [0.15, 0.2) is 77.8 Å². The molecule has 0 fully saturated rings. The number of benzene rings is 3. The Hall–Kier alpha value is -3.61. The Balaban J connectivity index is 1.76. The molecule has 7 heteroatoms. The number of alkyl halides is 3. The fourth-order valence-electron chi connectivity index (χ4n) is 3.35. The van der Waals surface area contributed by atoms with Gasteiger partial charge >= 0.3 is 6.18 Å². The largest absolute Gasteiger partial charge is 0.497 e. The van der Waals surface area contributed by atoms with Crippen LogP contribution in [-0.2, 0) is 12.7 Å². The molecule has 1 aliphatic heterocycles. The van der Waals surface area contributed by atoms with Crippen molar-refractivity contribution in [3.63, 3.8) is 0 Å². The lowest BCUT2D eigenvalue weighted by atomic mass is 10.1. The van der Waals surface area contributed by atoms with E-state index in [1.165, 1.54) is 13.2 Å². The minimum atomic E-state index is -4.46. The molecule has 0 spiro atoms. The SMILES string of the molecule is COc1ccc(C(=O)N=C2c3ccccc3CN2c2cccc(C(F)(F)F)c2)cc1. The highest BCUT2D eigenvalue weighted by atomic mass is 19.4. The molecule has 0 aliphatic carbocycles. The summed E-state index contributed by atoms with van der Waals surface area (Å²) in [6.07, 6.45) is -4.46. The van der Waals surface area contributed by atoms with Gasteiger partial charge in [-0.05, 0) is 48.0 Å². The van der Waals surface area contributed by atoms with Crippen molar-refractivity contribution in [2.24, 2.45) is 4.99 Å². The van der Waals surface area contributed by atoms with E-state index in [2.05, 4.69) is 4.99 Å². The molecule has 0 bridgehead atoms. The Morgan fingerprint density at radius 2 is 1.73 bits per heavy atom. The fraction of sp³-hybridized carbons (Fsp3) is 0.130. The molecule has 3 aromatic carbocycles. The molecule has 0 unspecified atom stereocenters. The molecule has 0 aromatic heterocycles. The van der Waals surface area contributed by atoms with Gasteiger partial charge in [0.1, 0.15) is 11.6 Å². The van der Waals surface area contributed by atoms with E-state index in [1.54, 1.807) is 35.2 Å². The lowest BCUT2D eigenvalue weighted by molar-refractivity contribution is -0.137. The Morgan fingerprint density at radius 3 is 2.43 bits per heavy atom. The summed E-state index contributed by atoms with van der Waals surface area (Å²) in [6.45, 7) is 0.326. The van der Waals surface area contributed by atoms with E-state index in [0.29, 0.717) is 29.4 Å². The van der Waals surface area contributed by atoms with Crippen LogP contribution < -0.4 is 9.64 Å². The van der Waals surface area contributed by atoms with E-state index in [0.717, 1.165) is 23.3 Å². The second kappa shape index (κ2) is 7.67. The zero-order chi connectivity index (χ0) is 21.3. The maximum Gasteiger partial charge on any atom is 0.416 e. The van der Waals surface area contributed by atoms with Crippen molar-refractivity contribution in [1.82, 2.24) is 0 Å². The normalized spacial score (nSPS) is 14.7. The van der Waals surface area contributed by atoms with Gasteiger partial charge in [-0.1, -0.05) is 30.3 Å². The van der Waals surface area contributed by atoms with Crippen LogP contribution >= 0.6 is 0 Å². The summed E-state index contributed by atoms with van der Waals surface area (Å²) in [5.74, 6) is 0.447. The average Bonchev–Trinajstić information content (AvgIpc) is 3.12. The van der Waals surface area contributed by atoms with Crippen LogP contribution in [0.5, 0.6) is 5.75 Å². The second-order valence-corrected chi connectivity index (χ2v) is 6.76. The fourth-order valence-corrected chi connectivity index (χ4v) is 3.35. The standard InChI is InChI=1S/C23H17F3N2O2/c1-30-19-11-9-15(10-12-19)22(29)27-21-20-8-3-2-5-16(20)14-28(21)18-7-4-6-17(13-18)23(24,25)26/h2-13H,14H2,1H3. The van der Waals surface area contributed by atoms with Gasteiger partial charge in [0.15, 0.2) is 0 Å². The van der Waals surface area contributed by atoms with E-state index < -0.39 is 17.6 Å². The Bertz CT molecular complexity index is 1120. The molecule has 3 aromatic rings. The van der Waals surface area contributed by atoms with Crippen LogP contribution in [0.1, 0.15) is 27.0 Å². The molecule has 1 heterocycles. The number of halogens is 3. The Labute approximate surface area is 171 Å². The lowest BCUT2D eigenvalue weighted by Crippen LogP contribution is -2.25. The molecule has 0 radical (unpaired) electrons. The molecule has 1 amide bonds. The molecule has 0 atom stereocenters. The van der Waals surface area contributed by atoms with Gasteiger partial charge in [0, 0.05) is 16.8 Å². The predicted octanol–water partition coefficient (Wildman–Crippen LogP) is 5.32. The Kier molecular flexibility index (Phi) is 5.03. The first-order valence-corrected chi connectivity index (χ1v) is 9.17. The van der Waals surface area contributed by atoms with Gasteiger partial charge in [0.05, 0.1) is 19.2 Å². The Morgan fingerprint density at radius 1 is 1.00 bits per heavy atom. The number of hydrogen-bond acceptors (Lipinski definition) is 2. The van der Waals surface area contributed by atoms with Crippen molar-refractivity contribution in [3.05, 3.63) is 95.1 Å². The van der Waals surface area contributed by atoms with E-state index in [1.807, 2.05) is 24.3 Å². The lowest BCUT2D eigenvalue weighted by Gasteiger charge is -2.20. The molecule has 0 N–H and O–H groups in total. The minimum Gasteiger partial charge on any atom is -0.497 e. The van der Waals surface area contributed by atoms with Crippen molar-refractivity contribution in [2.75, 3.05) is 12.0 Å². The van der Waals surface area contributed by atoms with Gasteiger partial charge in [0.25, 0.3) is 5.91 Å². The van der Waals surface area contributed by atoms with Gasteiger partial charge in [-0.15, -0.1) is 0 Å². The number of hydrogen-bond donors (Lipinski definition) is 0. The zero-order valence-corrected chi connectivity index (χ0v) is 16.0. The zero-order valence-electron chi connectivity index (χ0n) is 16.0. The third kappa shape index (κ3) is 3.78. The second-order valence-electron chi connectivity index (χ2n) is 6.76. The number of anilines is 1. The number of amides is 1. The summed E-state index contributed by atoms with van der Waals surface area (Å²) >= 11 is 0. The van der Waals surface area contributed by atoms with Crippen molar-refractivity contribution in [2.45, 2.75) is 12.7 Å². The highest BCUT2D eigenvalue weighted by Crippen LogP contribution is 2.34. The third-order valence-electron chi connectivity index (χ3n) is 4.87. The highest BCUT2D eigenvalue weighted by molar-refractivity contribution is 6.18. The number of ether oxygens (including phenoxy) is 1. The maximum atomic E-state index is 13.2. The highest BCUT2D eigenvalue weighted by Gasteiger charge is 2.33. The van der Waals surface area contributed by atoms with Gasteiger partial charge in [0.2, 0.25) is 0 Å². The topological polar surface area (TPSA) is 41.9 Å². The molecular formula is C23H17F3N2O2. The van der Waals surface area contributed by atoms with E-state index in [-0.39, 0.29) is 0 Å². The first kappa shape index (κ1) is 19.7. The smallest absolute Gasteiger partial charge is 0.416 e. The molecule has 0 saturated carbocycles. The van der Waals surface area contributed by atoms with Crippen molar-refractivity contribution in [3.8, 4) is 5.75 Å². The molecule has 4 nitrogen and oxygen atoms in total. The first-order valence-electron chi connectivity index (χ1n) is 9.17. The molecule has 152 valence electrons. The monoisotopic (exact) mass is 410 g/mol. The van der Waals surface area contributed by atoms with Gasteiger partial charge in [-0.3, -0.25) is 4.79 Å². The average molecular weight is 410 g/mol. The number of amidine groups is 1. The van der Waals surface area contributed by atoms with Crippen LogP contribution in [0.2, 0.25) is 0 Å². The number of methoxy groups -OCH3 is 1. The number of nitrogens with zero attached hydrogens (tertiary/aromatic N) is 2. The minimum absolute atomic E-state index is 0.322. The van der Waals surface area contributed by atoms with Gasteiger partial charge in [-0.2, -0.15) is 18.2 Å².